The number of ether oxygens (including phenoxy) is 1. The summed E-state index contributed by atoms with van der Waals surface area (Å²) in [7, 11) is 3.14. The second-order valence-electron chi connectivity index (χ2n) is 5.99. The Hall–Kier alpha value is -3.92. The molecule has 0 aliphatic carbocycles. The third-order valence-corrected chi connectivity index (χ3v) is 4.21. The summed E-state index contributed by atoms with van der Waals surface area (Å²) in [4.78, 5) is 20.5. The van der Waals surface area contributed by atoms with Crippen LogP contribution < -0.4 is 15.4 Å². The van der Waals surface area contributed by atoms with Gasteiger partial charge in [-0.1, -0.05) is 24.8 Å². The first kappa shape index (κ1) is 18.9. The van der Waals surface area contributed by atoms with Crippen LogP contribution in [0.15, 0.2) is 54.7 Å². The molecule has 0 unspecified atom stereocenters. The summed E-state index contributed by atoms with van der Waals surface area (Å²) in [6.07, 6.45) is 1.55. The van der Waals surface area contributed by atoms with Crippen molar-refractivity contribution in [3.63, 3.8) is 0 Å². The minimum Gasteiger partial charge on any atom is -0.495 e. The average Bonchev–Trinajstić information content (AvgIpc) is 2.76. The normalized spacial score (nSPS) is 10.2. The van der Waals surface area contributed by atoms with E-state index < -0.39 is 0 Å². The molecule has 0 aliphatic rings. The number of carbonyl (C=O) groups excluding carboxylic acids is 1. The minimum atomic E-state index is -0.275. The van der Waals surface area contributed by atoms with Gasteiger partial charge in [0.25, 0.3) is 5.91 Å². The molecule has 0 saturated carbocycles. The first-order valence-corrected chi connectivity index (χ1v) is 8.55. The number of amides is 1. The Morgan fingerprint density at radius 3 is 2.79 bits per heavy atom. The van der Waals surface area contributed by atoms with Gasteiger partial charge in [-0.05, 0) is 23.6 Å². The highest BCUT2D eigenvalue weighted by molar-refractivity contribution is 5.99. The van der Waals surface area contributed by atoms with E-state index in [1.54, 1.807) is 26.4 Å². The predicted octanol–water partition coefficient (Wildman–Crippen LogP) is 3.16. The van der Waals surface area contributed by atoms with Crippen molar-refractivity contribution in [2.24, 2.45) is 0 Å². The second-order valence-corrected chi connectivity index (χ2v) is 5.99. The molecule has 0 atom stereocenters. The largest absolute Gasteiger partial charge is 0.495 e. The molecule has 2 N–H and O–H groups in total. The molecule has 28 heavy (non-hydrogen) atoms. The molecular formula is C21H19N5O2. The summed E-state index contributed by atoms with van der Waals surface area (Å²) in [6.45, 7) is 4.01. The molecular weight excluding hydrogens is 354 g/mol. The van der Waals surface area contributed by atoms with Crippen molar-refractivity contribution in [1.29, 1.82) is 5.26 Å². The summed E-state index contributed by atoms with van der Waals surface area (Å²) in [5.74, 6) is 0.817. The van der Waals surface area contributed by atoms with Crippen LogP contribution in [0.5, 0.6) is 5.75 Å². The van der Waals surface area contributed by atoms with Gasteiger partial charge in [-0.15, -0.1) is 0 Å². The van der Waals surface area contributed by atoms with Crippen LogP contribution in [0.2, 0.25) is 0 Å². The number of benzene rings is 2. The minimum absolute atomic E-state index is 0.275. The van der Waals surface area contributed by atoms with E-state index in [-0.39, 0.29) is 5.91 Å². The van der Waals surface area contributed by atoms with E-state index in [0.29, 0.717) is 29.4 Å². The Balaban J connectivity index is 2.10. The number of aromatic nitrogens is 2. The predicted molar refractivity (Wildman–Crippen MR) is 108 cm³/mol. The van der Waals surface area contributed by atoms with Crippen molar-refractivity contribution in [2.75, 3.05) is 26.0 Å². The number of nitrogens with one attached hydrogen (secondary N) is 2. The molecule has 1 aromatic heterocycles. The Morgan fingerprint density at radius 1 is 1.29 bits per heavy atom. The van der Waals surface area contributed by atoms with Gasteiger partial charge in [0.1, 0.15) is 11.4 Å². The van der Waals surface area contributed by atoms with E-state index in [0.717, 1.165) is 22.0 Å². The van der Waals surface area contributed by atoms with Gasteiger partial charge in [0.15, 0.2) is 5.82 Å². The third-order valence-electron chi connectivity index (χ3n) is 4.21. The summed E-state index contributed by atoms with van der Waals surface area (Å²) < 4.78 is 5.47. The highest BCUT2D eigenvalue weighted by Crippen LogP contribution is 2.35. The fraction of sp³-hybridized carbons (Fsp3) is 0.143. The van der Waals surface area contributed by atoms with Gasteiger partial charge in [0, 0.05) is 36.3 Å². The fourth-order valence-corrected chi connectivity index (χ4v) is 2.78. The van der Waals surface area contributed by atoms with Gasteiger partial charge in [0.05, 0.1) is 18.9 Å². The molecule has 3 rings (SSSR count). The lowest BCUT2D eigenvalue weighted by molar-refractivity contribution is 0.0958. The zero-order valence-electron chi connectivity index (χ0n) is 15.6. The third kappa shape index (κ3) is 3.76. The molecule has 140 valence electrons. The van der Waals surface area contributed by atoms with Crippen LogP contribution in [0.3, 0.4) is 0 Å². The van der Waals surface area contributed by atoms with Crippen LogP contribution in [0.1, 0.15) is 10.5 Å². The monoisotopic (exact) mass is 373 g/mol. The number of nitrogens with zero attached hydrogens (tertiary/aromatic N) is 3. The summed E-state index contributed by atoms with van der Waals surface area (Å²) >= 11 is 0. The van der Waals surface area contributed by atoms with Crippen LogP contribution >= 0.6 is 0 Å². The SMILES string of the molecule is C=C(C#N)CNc1c(OC)ccc2ccc(-c3nccc(C(=O)NC)n3)cc12. The molecule has 0 aliphatic heterocycles. The van der Waals surface area contributed by atoms with Gasteiger partial charge in [-0.3, -0.25) is 4.79 Å². The Kier molecular flexibility index (Phi) is 5.51. The summed E-state index contributed by atoms with van der Waals surface area (Å²) in [5, 5.41) is 16.6. The summed E-state index contributed by atoms with van der Waals surface area (Å²) in [5.41, 5.74) is 2.22. The van der Waals surface area contributed by atoms with Gasteiger partial charge in [-0.2, -0.15) is 5.26 Å². The smallest absolute Gasteiger partial charge is 0.269 e. The van der Waals surface area contributed by atoms with Gasteiger partial charge in [-0.25, -0.2) is 9.97 Å². The Morgan fingerprint density at radius 2 is 2.07 bits per heavy atom. The average molecular weight is 373 g/mol. The number of fused-ring (bicyclic) bond motifs is 1. The first-order valence-electron chi connectivity index (χ1n) is 8.55. The highest BCUT2D eigenvalue weighted by atomic mass is 16.5. The maximum atomic E-state index is 11.9. The second kappa shape index (κ2) is 8.18. The van der Waals surface area contributed by atoms with E-state index in [4.69, 9.17) is 10.00 Å². The lowest BCUT2D eigenvalue weighted by atomic mass is 10.0. The standard InChI is InChI=1S/C21H19N5O2/c1-13(11-22)12-25-19-16-10-15(5-4-14(16)6-7-18(19)28-3)20-24-9-8-17(26-20)21(27)23-2/h4-10,25H,1,12H2,2-3H3,(H,23,27). The van der Waals surface area contributed by atoms with Crippen molar-refractivity contribution >= 4 is 22.4 Å². The van der Waals surface area contributed by atoms with Crippen LogP contribution in [0.4, 0.5) is 5.69 Å². The lowest BCUT2D eigenvalue weighted by Gasteiger charge is -2.14. The van der Waals surface area contributed by atoms with Crippen molar-refractivity contribution in [2.45, 2.75) is 0 Å². The van der Waals surface area contributed by atoms with Crippen LogP contribution in [-0.4, -0.2) is 36.6 Å². The van der Waals surface area contributed by atoms with E-state index >= 15 is 0 Å². The zero-order chi connectivity index (χ0) is 20.1. The molecule has 0 fully saturated rings. The Bertz CT molecular complexity index is 1100. The summed E-state index contributed by atoms with van der Waals surface area (Å²) in [6, 6.07) is 13.2. The number of rotatable bonds is 6. The van der Waals surface area contributed by atoms with Crippen molar-refractivity contribution in [1.82, 2.24) is 15.3 Å². The van der Waals surface area contributed by atoms with E-state index in [1.807, 2.05) is 36.4 Å². The molecule has 0 spiro atoms. The number of nitriles is 1. The lowest BCUT2D eigenvalue weighted by Crippen LogP contribution is -2.19. The molecule has 0 bridgehead atoms. The van der Waals surface area contributed by atoms with Crippen molar-refractivity contribution < 1.29 is 9.53 Å². The molecule has 7 heteroatoms. The van der Waals surface area contributed by atoms with Gasteiger partial charge < -0.3 is 15.4 Å². The maximum absolute atomic E-state index is 11.9. The molecule has 1 amide bonds. The topological polar surface area (TPSA) is 99.9 Å². The number of anilines is 1. The van der Waals surface area contributed by atoms with E-state index in [9.17, 15) is 4.79 Å². The number of hydrogen-bond acceptors (Lipinski definition) is 6. The van der Waals surface area contributed by atoms with Crippen LogP contribution in [0, 0.1) is 11.3 Å². The van der Waals surface area contributed by atoms with Crippen molar-refractivity contribution in [3.8, 4) is 23.2 Å². The zero-order valence-corrected chi connectivity index (χ0v) is 15.6. The van der Waals surface area contributed by atoms with E-state index in [1.165, 1.54) is 0 Å². The molecule has 3 aromatic rings. The van der Waals surface area contributed by atoms with Crippen molar-refractivity contribution in [3.05, 3.63) is 60.4 Å². The first-order chi connectivity index (χ1) is 13.6. The molecule has 0 radical (unpaired) electrons. The molecule has 1 heterocycles. The van der Waals surface area contributed by atoms with Gasteiger partial charge >= 0.3 is 0 Å². The van der Waals surface area contributed by atoms with E-state index in [2.05, 4.69) is 27.2 Å². The highest BCUT2D eigenvalue weighted by Gasteiger charge is 2.12. The van der Waals surface area contributed by atoms with Crippen LogP contribution in [0.25, 0.3) is 22.2 Å². The number of hydrogen-bond donors (Lipinski definition) is 2. The maximum Gasteiger partial charge on any atom is 0.269 e. The van der Waals surface area contributed by atoms with Crippen LogP contribution in [-0.2, 0) is 0 Å². The molecule has 2 aromatic carbocycles. The quantitative estimate of drug-likeness (QED) is 0.644. The Labute approximate surface area is 162 Å². The number of methoxy groups -OCH3 is 1. The molecule has 0 saturated heterocycles. The van der Waals surface area contributed by atoms with Gasteiger partial charge in [0.2, 0.25) is 0 Å². The molecule has 7 nitrogen and oxygen atoms in total. The fourth-order valence-electron chi connectivity index (χ4n) is 2.78. The number of carbonyl (C=O) groups is 1.